The highest BCUT2D eigenvalue weighted by atomic mass is 14.4. The molecule has 0 N–H and O–H groups in total. The van der Waals surface area contributed by atoms with Crippen molar-refractivity contribution in [3.05, 3.63) is 120 Å². The zero-order chi connectivity index (χ0) is 26.2. The van der Waals surface area contributed by atoms with E-state index in [1.165, 1.54) is 72.5 Å². The molecule has 1 aliphatic carbocycles. The molecule has 0 spiro atoms. The average Bonchev–Trinajstić information content (AvgIpc) is 3.16. The van der Waals surface area contributed by atoms with E-state index < -0.39 is 0 Å². The summed E-state index contributed by atoms with van der Waals surface area (Å²) in [5.74, 6) is 0. The van der Waals surface area contributed by atoms with Gasteiger partial charge in [0.2, 0.25) is 0 Å². The monoisotopic (exact) mass is 482 g/mol. The normalized spacial score (nSPS) is 13.1. The minimum absolute atomic E-state index is 0.0938. The lowest BCUT2D eigenvalue weighted by molar-refractivity contribution is 0.656. The van der Waals surface area contributed by atoms with Crippen LogP contribution in [-0.4, -0.2) is 0 Å². The van der Waals surface area contributed by atoms with E-state index in [1.54, 1.807) is 0 Å². The van der Waals surface area contributed by atoms with Gasteiger partial charge in [-0.2, -0.15) is 0 Å². The molecule has 0 aliphatic heterocycles. The molecule has 0 unspecified atom stereocenters. The van der Waals surface area contributed by atoms with Gasteiger partial charge in [0.15, 0.2) is 0 Å². The molecule has 0 bridgehead atoms. The molecular formula is C37H38. The average molecular weight is 483 g/mol. The Kier molecular flexibility index (Phi) is 6.78. The van der Waals surface area contributed by atoms with Crippen molar-refractivity contribution in [1.29, 1.82) is 0 Å². The summed E-state index contributed by atoms with van der Waals surface area (Å²) in [5.41, 5.74) is 11.2. The Balaban J connectivity index is 0.000000892. The molecule has 0 aromatic heterocycles. The highest BCUT2D eigenvalue weighted by Gasteiger charge is 2.40. The molecule has 0 heteroatoms. The van der Waals surface area contributed by atoms with Gasteiger partial charge in [-0.1, -0.05) is 125 Å². The fraction of sp³-hybridized carbons (Fsp3) is 0.243. The van der Waals surface area contributed by atoms with Crippen LogP contribution in [0, 0.1) is 6.92 Å². The Morgan fingerprint density at radius 2 is 1.19 bits per heavy atom. The van der Waals surface area contributed by atoms with E-state index >= 15 is 0 Å². The zero-order valence-electron chi connectivity index (χ0n) is 23.0. The van der Waals surface area contributed by atoms with Crippen LogP contribution in [0.2, 0.25) is 0 Å². The lowest BCUT2D eigenvalue weighted by Crippen LogP contribution is -2.18. The number of hydrogen-bond acceptors (Lipinski definition) is 0. The third kappa shape index (κ3) is 4.00. The van der Waals surface area contributed by atoms with Gasteiger partial charge < -0.3 is 0 Å². The number of rotatable bonds is 4. The Labute approximate surface area is 222 Å². The fourth-order valence-electron chi connectivity index (χ4n) is 6.40. The molecular weight excluding hydrogens is 444 g/mol. The molecule has 0 saturated heterocycles. The molecule has 0 heterocycles. The topological polar surface area (TPSA) is 0 Å². The molecule has 1 aliphatic rings. The molecule has 0 fully saturated rings. The second-order valence-corrected chi connectivity index (χ2v) is 10.8. The minimum atomic E-state index is -0.0938. The van der Waals surface area contributed by atoms with Crippen LogP contribution in [0.5, 0.6) is 0 Å². The van der Waals surface area contributed by atoms with Crippen LogP contribution in [0.3, 0.4) is 0 Å². The molecule has 6 rings (SSSR count). The molecule has 5 aromatic rings. The molecule has 0 amide bonds. The summed E-state index contributed by atoms with van der Waals surface area (Å²) in [7, 11) is 0. The Morgan fingerprint density at radius 1 is 0.649 bits per heavy atom. The van der Waals surface area contributed by atoms with Gasteiger partial charge in [0.1, 0.15) is 0 Å². The van der Waals surface area contributed by atoms with Crippen molar-refractivity contribution in [2.75, 3.05) is 0 Å². The molecule has 5 aromatic carbocycles. The molecule has 0 radical (unpaired) electrons. The van der Waals surface area contributed by atoms with Crippen LogP contribution in [-0.2, 0) is 11.8 Å². The van der Waals surface area contributed by atoms with E-state index in [4.69, 9.17) is 0 Å². The van der Waals surface area contributed by atoms with Gasteiger partial charge >= 0.3 is 0 Å². The maximum absolute atomic E-state index is 4.05. The predicted octanol–water partition coefficient (Wildman–Crippen LogP) is 10.8. The van der Waals surface area contributed by atoms with E-state index in [9.17, 15) is 0 Å². The number of hydrogen-bond donors (Lipinski definition) is 0. The van der Waals surface area contributed by atoms with Gasteiger partial charge in [0.25, 0.3) is 0 Å². The molecule has 186 valence electrons. The molecule has 0 nitrogen and oxygen atoms in total. The second kappa shape index (κ2) is 10.0. The van der Waals surface area contributed by atoms with Crippen LogP contribution in [0.4, 0.5) is 0 Å². The summed E-state index contributed by atoms with van der Waals surface area (Å²) in [6.45, 7) is 15.4. The van der Waals surface area contributed by atoms with Crippen LogP contribution in [0.15, 0.2) is 97.6 Å². The predicted molar refractivity (Wildman–Crippen MR) is 164 cm³/mol. The van der Waals surface area contributed by atoms with E-state index in [2.05, 4.69) is 132 Å². The van der Waals surface area contributed by atoms with Crippen molar-refractivity contribution in [3.8, 4) is 22.3 Å². The highest BCUT2D eigenvalue weighted by molar-refractivity contribution is 6.18. The first kappa shape index (κ1) is 25.0. The summed E-state index contributed by atoms with van der Waals surface area (Å²) in [6, 6.07) is 31.5. The number of aryl methyl sites for hydroxylation is 1. The first-order valence-corrected chi connectivity index (χ1v) is 13.7. The fourth-order valence-corrected chi connectivity index (χ4v) is 6.40. The number of benzene rings is 5. The molecule has 37 heavy (non-hydrogen) atoms. The van der Waals surface area contributed by atoms with Crippen LogP contribution in [0.1, 0.15) is 62.8 Å². The summed E-state index contributed by atoms with van der Waals surface area (Å²) >= 11 is 0. The lowest BCUT2D eigenvalue weighted by Gasteiger charge is -2.27. The van der Waals surface area contributed by atoms with Crippen LogP contribution in [0.25, 0.3) is 43.8 Å². The van der Waals surface area contributed by atoms with Gasteiger partial charge in [0, 0.05) is 5.41 Å². The minimum Gasteiger partial charge on any atom is -0.103 e. The van der Waals surface area contributed by atoms with Gasteiger partial charge in [-0.3, -0.25) is 0 Å². The van der Waals surface area contributed by atoms with Gasteiger partial charge in [0.05, 0.1) is 0 Å². The Morgan fingerprint density at radius 3 is 1.84 bits per heavy atom. The quantitative estimate of drug-likeness (QED) is 0.176. The smallest absolute Gasteiger partial charge is 0.0168 e. The molecule has 0 atom stereocenters. The molecule has 0 saturated carbocycles. The zero-order valence-corrected chi connectivity index (χ0v) is 23.0. The third-order valence-electron chi connectivity index (χ3n) is 7.80. The third-order valence-corrected chi connectivity index (χ3v) is 7.80. The van der Waals surface area contributed by atoms with Crippen LogP contribution >= 0.6 is 0 Å². The number of fused-ring (bicyclic) bond motifs is 8. The maximum atomic E-state index is 4.05. The van der Waals surface area contributed by atoms with Crippen LogP contribution < -0.4 is 0 Å². The van der Waals surface area contributed by atoms with Crippen molar-refractivity contribution >= 4 is 21.5 Å². The maximum Gasteiger partial charge on any atom is 0.0168 e. The van der Waals surface area contributed by atoms with Gasteiger partial charge in [-0.25, -0.2) is 0 Å². The van der Waals surface area contributed by atoms with E-state index in [0.29, 0.717) is 0 Å². The van der Waals surface area contributed by atoms with Crippen molar-refractivity contribution in [2.45, 2.75) is 59.3 Å². The Hall–Kier alpha value is -3.64. The first-order valence-electron chi connectivity index (χ1n) is 13.7. The van der Waals surface area contributed by atoms with Crippen molar-refractivity contribution in [1.82, 2.24) is 0 Å². The second-order valence-electron chi connectivity index (χ2n) is 10.8. The standard InChI is InChI=1S/C34H30.C3H8/c1-5-6-14-28-26(23-15-8-7-13-22(23)2)20-21-30-31-27-18-11-9-16-24(27)25-17-10-12-19-29(25)33(31)34(3,4)32(28)30;1-3-2/h5,7-13,15-21H,1,6,14H2,2-4H3;3H2,1-2H3. The lowest BCUT2D eigenvalue weighted by atomic mass is 9.75. The van der Waals surface area contributed by atoms with Gasteiger partial charge in [-0.05, 0) is 85.8 Å². The summed E-state index contributed by atoms with van der Waals surface area (Å²) in [5, 5.41) is 5.44. The largest absolute Gasteiger partial charge is 0.103 e. The SMILES string of the molecule is C=CCCc1c(-c2ccccc2C)ccc2c1C(C)(C)c1c-2c2ccccc2c2ccccc12.CCC. The van der Waals surface area contributed by atoms with Gasteiger partial charge in [-0.15, -0.1) is 6.58 Å². The highest BCUT2D eigenvalue weighted by Crippen LogP contribution is 2.56. The summed E-state index contributed by atoms with van der Waals surface area (Å²) < 4.78 is 0. The van der Waals surface area contributed by atoms with E-state index in [0.717, 1.165) is 12.8 Å². The van der Waals surface area contributed by atoms with Crippen molar-refractivity contribution in [2.24, 2.45) is 0 Å². The van der Waals surface area contributed by atoms with Crippen molar-refractivity contribution in [3.63, 3.8) is 0 Å². The summed E-state index contributed by atoms with van der Waals surface area (Å²) in [4.78, 5) is 0. The van der Waals surface area contributed by atoms with E-state index in [-0.39, 0.29) is 5.41 Å². The van der Waals surface area contributed by atoms with E-state index in [1.807, 2.05) is 0 Å². The number of allylic oxidation sites excluding steroid dienone is 1. The Bertz CT molecular complexity index is 1610. The first-order chi connectivity index (χ1) is 18.0. The summed E-state index contributed by atoms with van der Waals surface area (Å²) in [6.07, 6.45) is 5.29. The van der Waals surface area contributed by atoms with Crippen molar-refractivity contribution < 1.29 is 0 Å².